The number of benzene rings is 1. The Hall–Kier alpha value is -2.97. The average molecular weight is 378 g/mol. The molecule has 1 amide bonds. The number of amides is 1. The first kappa shape index (κ1) is 18.4. The van der Waals surface area contributed by atoms with Crippen molar-refractivity contribution in [2.24, 2.45) is 0 Å². The summed E-state index contributed by atoms with van der Waals surface area (Å²) in [6.07, 6.45) is 4.39. The normalized spacial score (nSPS) is 20.2. The molecule has 144 valence electrons. The summed E-state index contributed by atoms with van der Waals surface area (Å²) in [5.41, 5.74) is 3.81. The maximum absolute atomic E-state index is 12.2. The van der Waals surface area contributed by atoms with Crippen molar-refractivity contribution in [2.45, 2.75) is 32.0 Å². The molecule has 1 aliphatic rings. The highest BCUT2D eigenvalue weighted by Gasteiger charge is 2.29. The van der Waals surface area contributed by atoms with E-state index >= 15 is 0 Å². The van der Waals surface area contributed by atoms with E-state index in [0.29, 0.717) is 19.5 Å². The van der Waals surface area contributed by atoms with Crippen molar-refractivity contribution in [3.05, 3.63) is 59.9 Å². The maximum atomic E-state index is 12.2. The summed E-state index contributed by atoms with van der Waals surface area (Å²) in [4.78, 5) is 31.6. The molecular weight excluding hydrogens is 356 g/mol. The second kappa shape index (κ2) is 7.95. The number of hydrogen-bond donors (Lipinski definition) is 2. The van der Waals surface area contributed by atoms with Crippen LogP contribution in [0.2, 0.25) is 0 Å². The van der Waals surface area contributed by atoms with Gasteiger partial charge in [-0.2, -0.15) is 0 Å². The smallest absolute Gasteiger partial charge is 0.271 e. The molecule has 4 rings (SSSR count). The van der Waals surface area contributed by atoms with Gasteiger partial charge in [0.1, 0.15) is 5.69 Å². The van der Waals surface area contributed by atoms with Gasteiger partial charge in [0.15, 0.2) is 0 Å². The minimum Gasteiger partial charge on any atom is -0.390 e. The van der Waals surface area contributed by atoms with Crippen LogP contribution in [0.4, 0.5) is 0 Å². The molecule has 0 unspecified atom stereocenters. The highest BCUT2D eigenvalue weighted by atomic mass is 16.3. The van der Waals surface area contributed by atoms with Crippen molar-refractivity contribution in [3.8, 4) is 0 Å². The fourth-order valence-corrected chi connectivity index (χ4v) is 3.45. The quantitative estimate of drug-likeness (QED) is 0.700. The predicted octanol–water partition coefficient (Wildman–Crippen LogP) is 1.09. The lowest BCUT2D eigenvalue weighted by Crippen LogP contribution is -2.54. The topological polar surface area (TPSA) is 104 Å². The summed E-state index contributed by atoms with van der Waals surface area (Å²) in [6, 6.07) is 7.50. The number of fused-ring (bicyclic) bond motifs is 1. The van der Waals surface area contributed by atoms with E-state index < -0.39 is 6.10 Å². The van der Waals surface area contributed by atoms with E-state index in [2.05, 4.69) is 25.2 Å². The number of nitrogens with one attached hydrogen (secondary N) is 1. The zero-order valence-electron chi connectivity index (χ0n) is 15.6. The maximum Gasteiger partial charge on any atom is 0.271 e. The van der Waals surface area contributed by atoms with Gasteiger partial charge in [-0.1, -0.05) is 12.1 Å². The Morgan fingerprint density at radius 3 is 2.75 bits per heavy atom. The van der Waals surface area contributed by atoms with E-state index in [-0.39, 0.29) is 17.6 Å². The molecule has 0 radical (unpaired) electrons. The third-order valence-electron chi connectivity index (χ3n) is 4.99. The van der Waals surface area contributed by atoms with Gasteiger partial charge in [0, 0.05) is 32.0 Å². The monoisotopic (exact) mass is 378 g/mol. The van der Waals surface area contributed by atoms with Crippen molar-refractivity contribution < 1.29 is 9.90 Å². The lowest BCUT2D eigenvalue weighted by atomic mass is 10.0. The van der Waals surface area contributed by atoms with Crippen molar-refractivity contribution in [1.82, 2.24) is 30.2 Å². The number of rotatable bonds is 4. The van der Waals surface area contributed by atoms with Crippen LogP contribution in [0.1, 0.15) is 28.3 Å². The average Bonchev–Trinajstić information content (AvgIpc) is 2.71. The molecule has 2 aromatic heterocycles. The number of β-amino-alcohol motifs (C(OH)–C–C–N with tert-alkyl or cyclic N) is 1. The predicted molar refractivity (Wildman–Crippen MR) is 103 cm³/mol. The Bertz CT molecular complexity index is 981. The standard InChI is InChI=1S/C20H22N6O2/c1-13-18(24-15-5-3-2-4-14(15)23-13)11-26-9-6-16(19(27)12-26)25-20(28)17-10-21-7-8-22-17/h2-5,7-8,10,16,19,27H,6,9,11-12H2,1H3,(H,25,28)/t16-,19-/m1/s1. The number of carbonyl (C=O) groups excluding carboxylic acids is 1. The van der Waals surface area contributed by atoms with Crippen LogP contribution in [0.5, 0.6) is 0 Å². The molecule has 0 spiro atoms. The zero-order chi connectivity index (χ0) is 19.5. The van der Waals surface area contributed by atoms with Crippen molar-refractivity contribution >= 4 is 16.9 Å². The number of piperidine rings is 1. The lowest BCUT2D eigenvalue weighted by molar-refractivity contribution is 0.0343. The molecule has 8 nitrogen and oxygen atoms in total. The van der Waals surface area contributed by atoms with Crippen LogP contribution in [0.3, 0.4) is 0 Å². The highest BCUT2D eigenvalue weighted by molar-refractivity contribution is 5.92. The van der Waals surface area contributed by atoms with Gasteiger partial charge in [0.05, 0.1) is 40.8 Å². The molecule has 8 heteroatoms. The van der Waals surface area contributed by atoms with Gasteiger partial charge in [-0.15, -0.1) is 0 Å². The minimum atomic E-state index is -0.664. The molecule has 0 aliphatic carbocycles. The lowest BCUT2D eigenvalue weighted by Gasteiger charge is -2.36. The molecule has 1 aliphatic heterocycles. The van der Waals surface area contributed by atoms with E-state index in [1.165, 1.54) is 18.6 Å². The molecule has 1 saturated heterocycles. The Morgan fingerprint density at radius 1 is 1.25 bits per heavy atom. The summed E-state index contributed by atoms with van der Waals surface area (Å²) < 4.78 is 0. The van der Waals surface area contributed by atoms with Crippen LogP contribution in [-0.2, 0) is 6.54 Å². The van der Waals surface area contributed by atoms with Crippen LogP contribution in [-0.4, -0.2) is 61.1 Å². The summed E-state index contributed by atoms with van der Waals surface area (Å²) in [6.45, 7) is 3.78. The van der Waals surface area contributed by atoms with E-state index in [1.807, 2.05) is 31.2 Å². The zero-order valence-corrected chi connectivity index (χ0v) is 15.6. The first-order valence-corrected chi connectivity index (χ1v) is 9.30. The molecule has 3 heterocycles. The van der Waals surface area contributed by atoms with Gasteiger partial charge in [-0.25, -0.2) is 15.0 Å². The van der Waals surface area contributed by atoms with Crippen LogP contribution < -0.4 is 5.32 Å². The number of hydrogen-bond acceptors (Lipinski definition) is 7. The van der Waals surface area contributed by atoms with Crippen molar-refractivity contribution in [2.75, 3.05) is 13.1 Å². The van der Waals surface area contributed by atoms with E-state index in [1.54, 1.807) is 0 Å². The first-order valence-electron chi connectivity index (χ1n) is 9.30. The highest BCUT2D eigenvalue weighted by Crippen LogP contribution is 2.18. The third-order valence-corrected chi connectivity index (χ3v) is 4.99. The number of aliphatic hydroxyl groups is 1. The van der Waals surface area contributed by atoms with Gasteiger partial charge in [-0.3, -0.25) is 14.7 Å². The number of aliphatic hydroxyl groups excluding tert-OH is 1. The number of likely N-dealkylation sites (tertiary alicyclic amines) is 1. The fourth-order valence-electron chi connectivity index (χ4n) is 3.45. The third kappa shape index (κ3) is 3.97. The van der Waals surface area contributed by atoms with E-state index in [9.17, 15) is 9.90 Å². The fraction of sp³-hybridized carbons (Fsp3) is 0.350. The first-order chi connectivity index (χ1) is 13.6. The summed E-state index contributed by atoms with van der Waals surface area (Å²) in [5.74, 6) is -0.318. The van der Waals surface area contributed by atoms with Crippen LogP contribution in [0.25, 0.3) is 11.0 Å². The number of aromatic nitrogens is 4. The molecule has 2 N–H and O–H groups in total. The second-order valence-electron chi connectivity index (χ2n) is 7.01. The Balaban J connectivity index is 1.39. The van der Waals surface area contributed by atoms with Gasteiger partial charge in [0.25, 0.3) is 5.91 Å². The summed E-state index contributed by atoms with van der Waals surface area (Å²) in [5, 5.41) is 13.4. The summed E-state index contributed by atoms with van der Waals surface area (Å²) >= 11 is 0. The van der Waals surface area contributed by atoms with Crippen molar-refractivity contribution in [3.63, 3.8) is 0 Å². The van der Waals surface area contributed by atoms with Gasteiger partial charge < -0.3 is 10.4 Å². The van der Waals surface area contributed by atoms with Crippen LogP contribution in [0, 0.1) is 6.92 Å². The van der Waals surface area contributed by atoms with E-state index in [0.717, 1.165) is 29.0 Å². The molecule has 2 atom stereocenters. The molecule has 28 heavy (non-hydrogen) atoms. The second-order valence-corrected chi connectivity index (χ2v) is 7.01. The Kier molecular flexibility index (Phi) is 5.23. The SMILES string of the molecule is Cc1nc2ccccc2nc1CN1CC[C@@H](NC(=O)c2cnccn2)[C@H](O)C1. The molecule has 1 fully saturated rings. The largest absolute Gasteiger partial charge is 0.390 e. The molecular formula is C20H22N6O2. The number of nitrogens with zero attached hydrogens (tertiary/aromatic N) is 5. The van der Waals surface area contributed by atoms with Gasteiger partial charge in [-0.05, 0) is 25.5 Å². The number of aryl methyl sites for hydroxylation is 1. The molecule has 1 aromatic carbocycles. The molecule has 0 bridgehead atoms. The van der Waals surface area contributed by atoms with Gasteiger partial charge >= 0.3 is 0 Å². The number of para-hydroxylation sites is 2. The van der Waals surface area contributed by atoms with Crippen molar-refractivity contribution in [1.29, 1.82) is 0 Å². The minimum absolute atomic E-state index is 0.249. The Labute approximate surface area is 162 Å². The van der Waals surface area contributed by atoms with Gasteiger partial charge in [0.2, 0.25) is 0 Å². The molecule has 0 saturated carbocycles. The summed E-state index contributed by atoms with van der Waals surface area (Å²) in [7, 11) is 0. The molecule has 3 aromatic rings. The Morgan fingerprint density at radius 2 is 2.04 bits per heavy atom. The van der Waals surface area contributed by atoms with E-state index in [4.69, 9.17) is 4.98 Å². The number of carbonyl (C=O) groups is 1. The van der Waals surface area contributed by atoms with Crippen LogP contribution in [0.15, 0.2) is 42.9 Å². The van der Waals surface area contributed by atoms with Crippen LogP contribution >= 0.6 is 0 Å².